The highest BCUT2D eigenvalue weighted by atomic mass is 127. The highest BCUT2D eigenvalue weighted by Crippen LogP contribution is 2.48. The summed E-state index contributed by atoms with van der Waals surface area (Å²) in [7, 11) is 0. The second-order valence-electron chi connectivity index (χ2n) is 6.45. The van der Waals surface area contributed by atoms with Crippen molar-refractivity contribution in [3.05, 3.63) is 63.4 Å². The molecule has 0 atom stereocenters. The highest BCUT2D eigenvalue weighted by Gasteiger charge is 2.51. The fourth-order valence-corrected chi connectivity index (χ4v) is 3.59. The SMILES string of the molecule is Cc1noc(-c2ccc(-c3ccc(C4(C(=O)O)CC4)cc3)cc2)c1I. The van der Waals surface area contributed by atoms with Crippen molar-refractivity contribution >= 4 is 28.6 Å². The molecule has 126 valence electrons. The Balaban J connectivity index is 1.60. The van der Waals surface area contributed by atoms with Gasteiger partial charge in [0.2, 0.25) is 0 Å². The second kappa shape index (κ2) is 5.98. The Hall–Kier alpha value is -2.15. The van der Waals surface area contributed by atoms with Crippen LogP contribution >= 0.6 is 22.6 Å². The summed E-state index contributed by atoms with van der Waals surface area (Å²) in [4.78, 5) is 11.4. The van der Waals surface area contributed by atoms with Gasteiger partial charge in [-0.15, -0.1) is 0 Å². The molecule has 0 saturated heterocycles. The minimum absolute atomic E-state index is 0.650. The summed E-state index contributed by atoms with van der Waals surface area (Å²) in [6.07, 6.45) is 1.46. The van der Waals surface area contributed by atoms with Crippen LogP contribution in [0, 0.1) is 10.5 Å². The molecule has 0 radical (unpaired) electrons. The fraction of sp³-hybridized carbons (Fsp3) is 0.200. The van der Waals surface area contributed by atoms with E-state index in [-0.39, 0.29) is 0 Å². The molecule has 0 aliphatic heterocycles. The van der Waals surface area contributed by atoms with Crippen LogP contribution in [0.4, 0.5) is 0 Å². The van der Waals surface area contributed by atoms with Crippen molar-refractivity contribution in [3.63, 3.8) is 0 Å². The van der Waals surface area contributed by atoms with Crippen LogP contribution in [0.3, 0.4) is 0 Å². The average Bonchev–Trinajstić information content (AvgIpc) is 3.38. The third kappa shape index (κ3) is 2.76. The summed E-state index contributed by atoms with van der Waals surface area (Å²) in [6, 6.07) is 16.0. The van der Waals surface area contributed by atoms with Crippen LogP contribution in [-0.2, 0) is 10.2 Å². The van der Waals surface area contributed by atoms with Gasteiger partial charge in [-0.1, -0.05) is 53.7 Å². The maximum atomic E-state index is 11.4. The van der Waals surface area contributed by atoms with Crippen LogP contribution in [0.15, 0.2) is 53.1 Å². The van der Waals surface area contributed by atoms with Gasteiger partial charge < -0.3 is 9.63 Å². The average molecular weight is 445 g/mol. The molecule has 4 rings (SSSR count). The number of aryl methyl sites for hydroxylation is 1. The fourth-order valence-electron chi connectivity index (χ4n) is 3.08. The second-order valence-corrected chi connectivity index (χ2v) is 7.53. The van der Waals surface area contributed by atoms with Gasteiger partial charge in [-0.3, -0.25) is 4.79 Å². The van der Waals surface area contributed by atoms with Crippen LogP contribution in [0.5, 0.6) is 0 Å². The van der Waals surface area contributed by atoms with Crippen LogP contribution in [0.2, 0.25) is 0 Å². The largest absolute Gasteiger partial charge is 0.481 e. The number of aromatic nitrogens is 1. The molecule has 2 aromatic carbocycles. The van der Waals surface area contributed by atoms with E-state index in [1.54, 1.807) is 0 Å². The van der Waals surface area contributed by atoms with Crippen LogP contribution in [0.25, 0.3) is 22.5 Å². The van der Waals surface area contributed by atoms with Gasteiger partial charge in [0.25, 0.3) is 0 Å². The van der Waals surface area contributed by atoms with Crippen molar-refractivity contribution in [1.29, 1.82) is 0 Å². The molecule has 0 bridgehead atoms. The van der Waals surface area contributed by atoms with Gasteiger partial charge in [-0.05, 0) is 59.0 Å². The molecule has 1 aliphatic rings. The van der Waals surface area contributed by atoms with Crippen LogP contribution in [-0.4, -0.2) is 16.2 Å². The van der Waals surface area contributed by atoms with Crippen LogP contribution in [0.1, 0.15) is 24.1 Å². The molecule has 3 aromatic rings. The lowest BCUT2D eigenvalue weighted by Gasteiger charge is -2.11. The van der Waals surface area contributed by atoms with Gasteiger partial charge in [0.05, 0.1) is 14.7 Å². The Bertz CT molecular complexity index is 938. The summed E-state index contributed by atoms with van der Waals surface area (Å²) >= 11 is 2.24. The lowest BCUT2D eigenvalue weighted by molar-refractivity contribution is -0.140. The van der Waals surface area contributed by atoms with E-state index in [0.717, 1.165) is 50.1 Å². The van der Waals surface area contributed by atoms with Gasteiger partial charge in [0, 0.05) is 5.56 Å². The quantitative estimate of drug-likeness (QED) is 0.572. The molecular formula is C20H16INO3. The minimum atomic E-state index is -0.721. The topological polar surface area (TPSA) is 63.3 Å². The summed E-state index contributed by atoms with van der Waals surface area (Å²) < 4.78 is 6.42. The van der Waals surface area contributed by atoms with Gasteiger partial charge in [-0.25, -0.2) is 0 Å². The molecule has 25 heavy (non-hydrogen) atoms. The van der Waals surface area contributed by atoms with Gasteiger partial charge in [0.15, 0.2) is 5.76 Å². The predicted molar refractivity (Wildman–Crippen MR) is 103 cm³/mol. The van der Waals surface area contributed by atoms with Gasteiger partial charge in [0.1, 0.15) is 0 Å². The van der Waals surface area contributed by atoms with E-state index in [1.807, 2.05) is 55.5 Å². The number of carboxylic acid groups (broad SMARTS) is 1. The molecule has 1 aromatic heterocycles. The van der Waals surface area contributed by atoms with E-state index in [0.29, 0.717) is 0 Å². The Morgan fingerprint density at radius 2 is 1.56 bits per heavy atom. The van der Waals surface area contributed by atoms with Crippen molar-refractivity contribution in [2.75, 3.05) is 0 Å². The summed E-state index contributed by atoms with van der Waals surface area (Å²) in [5.41, 5.74) is 4.29. The summed E-state index contributed by atoms with van der Waals surface area (Å²) in [6.45, 7) is 1.93. The number of nitrogens with zero attached hydrogens (tertiary/aromatic N) is 1. The molecule has 1 aliphatic carbocycles. The summed E-state index contributed by atoms with van der Waals surface area (Å²) in [5, 5.41) is 13.4. The molecule has 1 saturated carbocycles. The summed E-state index contributed by atoms with van der Waals surface area (Å²) in [5.74, 6) is 0.0682. The minimum Gasteiger partial charge on any atom is -0.481 e. The maximum absolute atomic E-state index is 11.4. The number of hydrogen-bond acceptors (Lipinski definition) is 3. The molecule has 5 heteroatoms. The molecule has 1 fully saturated rings. The normalized spacial score (nSPS) is 15.1. The van der Waals surface area contributed by atoms with Crippen molar-refractivity contribution in [2.45, 2.75) is 25.2 Å². The van der Waals surface area contributed by atoms with Crippen molar-refractivity contribution in [3.8, 4) is 22.5 Å². The number of halogens is 1. The molecule has 0 unspecified atom stereocenters. The lowest BCUT2D eigenvalue weighted by atomic mass is 9.93. The molecule has 0 spiro atoms. The zero-order valence-corrected chi connectivity index (χ0v) is 15.8. The highest BCUT2D eigenvalue weighted by molar-refractivity contribution is 14.1. The predicted octanol–water partition coefficient (Wildman–Crippen LogP) is 5.04. The van der Waals surface area contributed by atoms with E-state index in [4.69, 9.17) is 4.52 Å². The zero-order chi connectivity index (χ0) is 17.6. The molecule has 0 amide bonds. The molecule has 1 N–H and O–H groups in total. The number of hydrogen-bond donors (Lipinski definition) is 1. The van der Waals surface area contributed by atoms with Crippen molar-refractivity contribution in [1.82, 2.24) is 5.16 Å². The molecule has 4 nitrogen and oxygen atoms in total. The standard InChI is InChI=1S/C20H16INO3/c1-12-17(21)18(25-22-12)15-4-2-13(3-5-15)14-6-8-16(9-7-14)20(10-11-20)19(23)24/h2-9H,10-11H2,1H3,(H,23,24). The van der Waals surface area contributed by atoms with Gasteiger partial charge in [-0.2, -0.15) is 0 Å². The van der Waals surface area contributed by atoms with Crippen LogP contribution < -0.4 is 0 Å². The number of carboxylic acids is 1. The molecule has 1 heterocycles. The number of benzene rings is 2. The molecular weight excluding hydrogens is 429 g/mol. The first-order chi connectivity index (χ1) is 12.0. The number of rotatable bonds is 4. The smallest absolute Gasteiger partial charge is 0.314 e. The Labute approximate surface area is 159 Å². The van der Waals surface area contributed by atoms with Gasteiger partial charge >= 0.3 is 5.97 Å². The lowest BCUT2D eigenvalue weighted by Crippen LogP contribution is -2.19. The van der Waals surface area contributed by atoms with Crippen molar-refractivity contribution in [2.24, 2.45) is 0 Å². The monoisotopic (exact) mass is 445 g/mol. The first-order valence-corrected chi connectivity index (χ1v) is 9.16. The third-order valence-electron chi connectivity index (χ3n) is 4.87. The third-order valence-corrected chi connectivity index (χ3v) is 6.14. The Kier molecular flexibility index (Phi) is 3.91. The first-order valence-electron chi connectivity index (χ1n) is 8.08. The van der Waals surface area contributed by atoms with E-state index >= 15 is 0 Å². The Morgan fingerprint density at radius 3 is 2.00 bits per heavy atom. The van der Waals surface area contributed by atoms with E-state index < -0.39 is 11.4 Å². The number of aliphatic carboxylic acids is 1. The Morgan fingerprint density at radius 1 is 1.04 bits per heavy atom. The first kappa shape index (κ1) is 16.3. The maximum Gasteiger partial charge on any atom is 0.314 e. The van der Waals surface area contributed by atoms with E-state index in [1.165, 1.54) is 0 Å². The zero-order valence-electron chi connectivity index (χ0n) is 13.6. The number of carbonyl (C=O) groups is 1. The van der Waals surface area contributed by atoms with E-state index in [9.17, 15) is 9.90 Å². The van der Waals surface area contributed by atoms with E-state index in [2.05, 4.69) is 27.7 Å². The van der Waals surface area contributed by atoms with Crippen molar-refractivity contribution < 1.29 is 14.4 Å².